The molecule has 1 unspecified atom stereocenters. The highest BCUT2D eigenvalue weighted by Gasteiger charge is 2.31. The van der Waals surface area contributed by atoms with Crippen LogP contribution in [0.2, 0.25) is 5.02 Å². The number of para-hydroxylation sites is 1. The van der Waals surface area contributed by atoms with Crippen LogP contribution in [0.3, 0.4) is 0 Å². The van der Waals surface area contributed by atoms with Crippen molar-refractivity contribution in [3.63, 3.8) is 0 Å². The molecule has 0 spiro atoms. The molecule has 2 aromatic rings. The monoisotopic (exact) mass is 440 g/mol. The van der Waals surface area contributed by atoms with Crippen LogP contribution in [0.15, 0.2) is 64.4 Å². The molecule has 2 aromatic carbocycles. The maximum Gasteiger partial charge on any atom is 0.265 e. The van der Waals surface area contributed by atoms with Crippen molar-refractivity contribution in [3.8, 4) is 0 Å². The van der Waals surface area contributed by atoms with Crippen molar-refractivity contribution >= 4 is 40.9 Å². The highest BCUT2D eigenvalue weighted by molar-refractivity contribution is 8.04. The number of rotatable bonds is 4. The van der Waals surface area contributed by atoms with Crippen molar-refractivity contribution < 1.29 is 9.59 Å². The minimum absolute atomic E-state index is 0.0607. The first-order valence-corrected chi connectivity index (χ1v) is 11.6. The fourth-order valence-corrected chi connectivity index (χ4v) is 5.35. The Morgan fingerprint density at radius 3 is 2.73 bits per heavy atom. The number of carbonyl (C=O) groups excluding carboxylic acids is 2. The van der Waals surface area contributed by atoms with Crippen molar-refractivity contribution in [3.05, 3.63) is 70.1 Å². The number of hydrogen-bond donors (Lipinski definition) is 0. The fourth-order valence-electron chi connectivity index (χ4n) is 4.13. The summed E-state index contributed by atoms with van der Waals surface area (Å²) in [4.78, 5) is 31.5. The molecule has 0 N–H and O–H groups in total. The summed E-state index contributed by atoms with van der Waals surface area (Å²) in [6.45, 7) is 3.24. The van der Waals surface area contributed by atoms with Gasteiger partial charge in [0.05, 0.1) is 17.1 Å². The summed E-state index contributed by atoms with van der Waals surface area (Å²) in [5.74, 6) is -0.216. The molecule has 0 bridgehead atoms. The Hall–Kier alpha value is -2.24. The van der Waals surface area contributed by atoms with Gasteiger partial charge in [0.25, 0.3) is 5.91 Å². The van der Waals surface area contributed by atoms with E-state index in [1.54, 1.807) is 4.90 Å². The predicted molar refractivity (Wildman–Crippen MR) is 123 cm³/mol. The van der Waals surface area contributed by atoms with Gasteiger partial charge in [0.2, 0.25) is 5.91 Å². The molecular weight excluding hydrogens is 416 g/mol. The van der Waals surface area contributed by atoms with E-state index in [4.69, 9.17) is 11.6 Å². The standard InChI is InChI=1S/C24H25ClN2O2S/c1-2-18-10-7-8-14-26(18)23(28)15-22-24(29)27(16-17-9-3-4-11-19(17)25)20-12-5-6-13-21(20)30-22/h3-6,9,11-13,15,18H,2,7-8,10,14,16H2,1H3/b22-15+. The van der Waals surface area contributed by atoms with E-state index in [1.165, 1.54) is 17.8 Å². The molecule has 4 rings (SSSR count). The number of benzene rings is 2. The molecule has 4 nitrogen and oxygen atoms in total. The van der Waals surface area contributed by atoms with Gasteiger partial charge >= 0.3 is 0 Å². The Morgan fingerprint density at radius 2 is 1.93 bits per heavy atom. The van der Waals surface area contributed by atoms with E-state index >= 15 is 0 Å². The lowest BCUT2D eigenvalue weighted by Gasteiger charge is -2.35. The molecule has 2 aliphatic rings. The van der Waals surface area contributed by atoms with Crippen LogP contribution in [0.5, 0.6) is 0 Å². The Balaban J connectivity index is 1.65. The second-order valence-corrected chi connectivity index (χ2v) is 9.14. The van der Waals surface area contributed by atoms with E-state index in [9.17, 15) is 9.59 Å². The average Bonchev–Trinajstić information content (AvgIpc) is 2.77. The maximum atomic E-state index is 13.4. The normalized spacial score (nSPS) is 20.4. The van der Waals surface area contributed by atoms with Gasteiger partial charge in [-0.3, -0.25) is 9.59 Å². The Bertz CT molecular complexity index is 991. The number of thioether (sulfide) groups is 1. The smallest absolute Gasteiger partial charge is 0.265 e. The third-order valence-electron chi connectivity index (χ3n) is 5.75. The van der Waals surface area contributed by atoms with Crippen molar-refractivity contribution in [1.29, 1.82) is 0 Å². The van der Waals surface area contributed by atoms with Crippen LogP contribution in [0.4, 0.5) is 5.69 Å². The number of anilines is 1. The number of halogens is 1. The number of nitrogens with zero attached hydrogens (tertiary/aromatic N) is 2. The third kappa shape index (κ3) is 4.28. The van der Waals surface area contributed by atoms with Crippen LogP contribution in [0.1, 0.15) is 38.2 Å². The van der Waals surface area contributed by atoms with Gasteiger partial charge in [-0.15, -0.1) is 0 Å². The van der Waals surface area contributed by atoms with Gasteiger partial charge < -0.3 is 9.80 Å². The zero-order chi connectivity index (χ0) is 21.1. The van der Waals surface area contributed by atoms with E-state index in [2.05, 4.69) is 6.92 Å². The predicted octanol–water partition coefficient (Wildman–Crippen LogP) is 5.65. The van der Waals surface area contributed by atoms with Gasteiger partial charge in [-0.05, 0) is 49.4 Å². The molecular formula is C24H25ClN2O2S. The molecule has 2 heterocycles. The van der Waals surface area contributed by atoms with Gasteiger partial charge in [0.1, 0.15) is 0 Å². The van der Waals surface area contributed by atoms with Crippen LogP contribution in [-0.2, 0) is 16.1 Å². The first-order valence-electron chi connectivity index (χ1n) is 10.4. The molecule has 1 fully saturated rings. The average molecular weight is 441 g/mol. The van der Waals surface area contributed by atoms with Crippen molar-refractivity contribution in [1.82, 2.24) is 4.90 Å². The summed E-state index contributed by atoms with van der Waals surface area (Å²) < 4.78 is 0. The van der Waals surface area contributed by atoms with Crippen LogP contribution < -0.4 is 4.90 Å². The van der Waals surface area contributed by atoms with E-state index in [0.29, 0.717) is 16.5 Å². The molecule has 156 valence electrons. The summed E-state index contributed by atoms with van der Waals surface area (Å²) in [5.41, 5.74) is 1.73. The number of likely N-dealkylation sites (tertiary alicyclic amines) is 1. The van der Waals surface area contributed by atoms with E-state index in [1.807, 2.05) is 53.4 Å². The summed E-state index contributed by atoms with van der Waals surface area (Å²) in [6.07, 6.45) is 5.70. The van der Waals surface area contributed by atoms with Gasteiger partial charge in [-0.25, -0.2) is 0 Å². The molecule has 0 aromatic heterocycles. The van der Waals surface area contributed by atoms with E-state index in [0.717, 1.165) is 48.4 Å². The molecule has 1 saturated heterocycles. The van der Waals surface area contributed by atoms with Gasteiger partial charge in [-0.2, -0.15) is 0 Å². The zero-order valence-corrected chi connectivity index (χ0v) is 18.6. The Morgan fingerprint density at radius 1 is 1.17 bits per heavy atom. The fraction of sp³-hybridized carbons (Fsp3) is 0.333. The highest BCUT2D eigenvalue weighted by atomic mass is 35.5. The quantitative estimate of drug-likeness (QED) is 0.576. The third-order valence-corrected chi connectivity index (χ3v) is 7.20. The second-order valence-electron chi connectivity index (χ2n) is 7.65. The highest BCUT2D eigenvalue weighted by Crippen LogP contribution is 2.42. The molecule has 2 amide bonds. The Labute approximate surface area is 186 Å². The second kappa shape index (κ2) is 9.27. The lowest BCUT2D eigenvalue weighted by Crippen LogP contribution is -2.43. The Kier molecular flexibility index (Phi) is 6.49. The first kappa shape index (κ1) is 21.0. The molecule has 6 heteroatoms. The largest absolute Gasteiger partial charge is 0.336 e. The summed E-state index contributed by atoms with van der Waals surface area (Å²) in [6, 6.07) is 15.6. The summed E-state index contributed by atoms with van der Waals surface area (Å²) in [7, 11) is 0. The molecule has 30 heavy (non-hydrogen) atoms. The lowest BCUT2D eigenvalue weighted by atomic mass is 10.00. The molecule has 0 saturated carbocycles. The van der Waals surface area contributed by atoms with Crippen LogP contribution >= 0.6 is 23.4 Å². The molecule has 2 aliphatic heterocycles. The van der Waals surface area contributed by atoms with Gasteiger partial charge in [-0.1, -0.05) is 60.6 Å². The van der Waals surface area contributed by atoms with Gasteiger partial charge in [0, 0.05) is 28.6 Å². The van der Waals surface area contributed by atoms with Crippen LogP contribution in [-0.4, -0.2) is 29.3 Å². The summed E-state index contributed by atoms with van der Waals surface area (Å²) in [5, 5.41) is 0.627. The van der Waals surface area contributed by atoms with Crippen LogP contribution in [0, 0.1) is 0 Å². The first-order chi connectivity index (χ1) is 14.6. The van der Waals surface area contributed by atoms with Crippen molar-refractivity contribution in [2.45, 2.75) is 50.1 Å². The number of fused-ring (bicyclic) bond motifs is 1. The molecule has 0 radical (unpaired) electrons. The number of hydrogen-bond acceptors (Lipinski definition) is 3. The molecule has 0 aliphatic carbocycles. The van der Waals surface area contributed by atoms with E-state index < -0.39 is 0 Å². The summed E-state index contributed by atoms with van der Waals surface area (Å²) >= 11 is 7.73. The zero-order valence-electron chi connectivity index (χ0n) is 17.0. The lowest BCUT2D eigenvalue weighted by molar-refractivity contribution is -0.130. The maximum absolute atomic E-state index is 13.4. The number of carbonyl (C=O) groups is 2. The van der Waals surface area contributed by atoms with Crippen molar-refractivity contribution in [2.75, 3.05) is 11.4 Å². The van der Waals surface area contributed by atoms with E-state index in [-0.39, 0.29) is 17.9 Å². The SMILES string of the molecule is CCC1CCCCN1C(=O)/C=C1/Sc2ccccc2N(Cc2ccccc2Cl)C1=O. The van der Waals surface area contributed by atoms with Gasteiger partial charge in [0.15, 0.2) is 0 Å². The minimum atomic E-state index is -0.156. The van der Waals surface area contributed by atoms with Crippen molar-refractivity contribution in [2.24, 2.45) is 0 Å². The molecule has 1 atom stereocenters. The number of piperidine rings is 1. The van der Waals surface area contributed by atoms with Crippen LogP contribution in [0.25, 0.3) is 0 Å². The topological polar surface area (TPSA) is 40.6 Å². The minimum Gasteiger partial charge on any atom is -0.336 e. The number of amides is 2.